The van der Waals surface area contributed by atoms with Crippen LogP contribution in [0.1, 0.15) is 21.7 Å². The molecule has 0 aliphatic carbocycles. The molecule has 1 aromatic carbocycles. The van der Waals surface area contributed by atoms with Crippen molar-refractivity contribution in [3.05, 3.63) is 57.2 Å². The first-order chi connectivity index (χ1) is 9.65. The Balaban J connectivity index is 1.73. The van der Waals surface area contributed by atoms with Crippen LogP contribution in [0.2, 0.25) is 5.02 Å². The van der Waals surface area contributed by atoms with Crippen LogP contribution in [0.3, 0.4) is 0 Å². The van der Waals surface area contributed by atoms with Crippen LogP contribution in [0.25, 0.3) is 0 Å². The highest BCUT2D eigenvalue weighted by Crippen LogP contribution is 2.12. The highest BCUT2D eigenvalue weighted by molar-refractivity contribution is 7.09. The third kappa shape index (κ3) is 4.75. The summed E-state index contributed by atoms with van der Waals surface area (Å²) in [5.74, 6) is 0.171. The number of nitrogens with zero attached hydrogens (tertiary/aromatic N) is 1. The SMILES string of the molecule is CN(CCC(=O)c1ccc(Cl)cc1)CCc1cccs1. The van der Waals surface area contributed by atoms with Gasteiger partial charge in [-0.1, -0.05) is 17.7 Å². The molecule has 0 saturated heterocycles. The summed E-state index contributed by atoms with van der Waals surface area (Å²) >= 11 is 7.60. The van der Waals surface area contributed by atoms with Crippen LogP contribution in [0.5, 0.6) is 0 Å². The van der Waals surface area contributed by atoms with Gasteiger partial charge in [0, 0.05) is 35.0 Å². The second-order valence-electron chi connectivity index (χ2n) is 4.81. The number of hydrogen-bond acceptors (Lipinski definition) is 3. The first-order valence-corrected chi connectivity index (χ1v) is 7.90. The van der Waals surface area contributed by atoms with Gasteiger partial charge in [0.05, 0.1) is 0 Å². The summed E-state index contributed by atoms with van der Waals surface area (Å²) in [5.41, 5.74) is 0.737. The van der Waals surface area contributed by atoms with Crippen molar-refractivity contribution in [2.24, 2.45) is 0 Å². The second kappa shape index (κ2) is 7.58. The van der Waals surface area contributed by atoms with E-state index in [-0.39, 0.29) is 5.78 Å². The van der Waals surface area contributed by atoms with E-state index in [1.54, 1.807) is 35.6 Å². The summed E-state index contributed by atoms with van der Waals surface area (Å²) in [7, 11) is 2.06. The molecule has 0 fully saturated rings. The van der Waals surface area contributed by atoms with Gasteiger partial charge in [-0.15, -0.1) is 11.3 Å². The van der Waals surface area contributed by atoms with Crippen molar-refractivity contribution in [1.29, 1.82) is 0 Å². The molecule has 20 heavy (non-hydrogen) atoms. The average molecular weight is 308 g/mol. The van der Waals surface area contributed by atoms with Gasteiger partial charge in [0.2, 0.25) is 0 Å². The van der Waals surface area contributed by atoms with E-state index < -0.39 is 0 Å². The third-order valence-electron chi connectivity index (χ3n) is 3.21. The zero-order valence-corrected chi connectivity index (χ0v) is 13.1. The zero-order valence-electron chi connectivity index (χ0n) is 11.5. The Morgan fingerprint density at radius 1 is 1.20 bits per heavy atom. The summed E-state index contributed by atoms with van der Waals surface area (Å²) in [6.07, 6.45) is 1.59. The number of Topliss-reactive ketones (excluding diaryl/α,β-unsaturated/α-hetero) is 1. The fourth-order valence-electron chi connectivity index (χ4n) is 1.94. The minimum absolute atomic E-state index is 0.171. The van der Waals surface area contributed by atoms with E-state index in [4.69, 9.17) is 11.6 Å². The molecule has 2 nitrogen and oxygen atoms in total. The van der Waals surface area contributed by atoms with Crippen molar-refractivity contribution < 1.29 is 4.79 Å². The predicted octanol–water partition coefficient (Wildman–Crippen LogP) is 4.15. The number of halogens is 1. The molecule has 0 aliphatic rings. The van der Waals surface area contributed by atoms with Crippen molar-refractivity contribution in [2.45, 2.75) is 12.8 Å². The molecule has 4 heteroatoms. The Bertz CT molecular complexity index is 536. The molecule has 1 heterocycles. The molecule has 0 saturated carbocycles. The molecule has 2 aromatic rings. The Morgan fingerprint density at radius 2 is 1.95 bits per heavy atom. The van der Waals surface area contributed by atoms with Crippen molar-refractivity contribution in [3.8, 4) is 0 Å². The summed E-state index contributed by atoms with van der Waals surface area (Å²) in [6, 6.07) is 11.3. The number of benzene rings is 1. The third-order valence-corrected chi connectivity index (χ3v) is 4.39. The number of likely N-dealkylation sites (N-methyl/N-ethyl adjacent to an activating group) is 1. The number of thiophene rings is 1. The van der Waals surface area contributed by atoms with Crippen molar-refractivity contribution in [1.82, 2.24) is 4.90 Å². The van der Waals surface area contributed by atoms with Crippen LogP contribution in [-0.4, -0.2) is 30.8 Å². The number of rotatable bonds is 7. The Hall–Kier alpha value is -1.16. The maximum Gasteiger partial charge on any atom is 0.164 e. The lowest BCUT2D eigenvalue weighted by Crippen LogP contribution is -2.24. The van der Waals surface area contributed by atoms with Gasteiger partial charge in [-0.3, -0.25) is 4.79 Å². The fraction of sp³-hybridized carbons (Fsp3) is 0.312. The molecule has 0 unspecified atom stereocenters. The summed E-state index contributed by atoms with van der Waals surface area (Å²) in [6.45, 7) is 1.77. The Labute approximate surface area is 129 Å². The number of carbonyl (C=O) groups is 1. The largest absolute Gasteiger partial charge is 0.306 e. The van der Waals surface area contributed by atoms with Crippen LogP contribution in [0, 0.1) is 0 Å². The highest BCUT2D eigenvalue weighted by Gasteiger charge is 2.07. The van der Waals surface area contributed by atoms with Gasteiger partial charge in [-0.2, -0.15) is 0 Å². The molecule has 0 N–H and O–H groups in total. The molecule has 0 spiro atoms. The van der Waals surface area contributed by atoms with E-state index >= 15 is 0 Å². The van der Waals surface area contributed by atoms with Crippen LogP contribution < -0.4 is 0 Å². The highest BCUT2D eigenvalue weighted by atomic mass is 35.5. The molecule has 0 aliphatic heterocycles. The first-order valence-electron chi connectivity index (χ1n) is 6.65. The van der Waals surface area contributed by atoms with Gasteiger partial charge in [0.15, 0.2) is 5.78 Å². The quantitative estimate of drug-likeness (QED) is 0.716. The Morgan fingerprint density at radius 3 is 2.60 bits per heavy atom. The van der Waals surface area contributed by atoms with Gasteiger partial charge >= 0.3 is 0 Å². The van der Waals surface area contributed by atoms with Crippen LogP contribution in [0.15, 0.2) is 41.8 Å². The number of carbonyl (C=O) groups excluding carboxylic acids is 1. The van der Waals surface area contributed by atoms with Gasteiger partial charge in [-0.05, 0) is 49.2 Å². The van der Waals surface area contributed by atoms with Crippen molar-refractivity contribution in [2.75, 3.05) is 20.1 Å². The maximum atomic E-state index is 12.0. The number of ketones is 1. The molecule has 2 rings (SSSR count). The van der Waals surface area contributed by atoms with E-state index in [1.165, 1.54) is 4.88 Å². The summed E-state index contributed by atoms with van der Waals surface area (Å²) in [4.78, 5) is 15.6. The topological polar surface area (TPSA) is 20.3 Å². The zero-order chi connectivity index (χ0) is 14.4. The summed E-state index contributed by atoms with van der Waals surface area (Å²) in [5, 5.41) is 2.76. The van der Waals surface area contributed by atoms with Crippen LogP contribution in [-0.2, 0) is 6.42 Å². The maximum absolute atomic E-state index is 12.0. The average Bonchev–Trinajstić information content (AvgIpc) is 2.96. The molecular formula is C16H18ClNOS. The van der Waals surface area contributed by atoms with E-state index in [2.05, 4.69) is 29.5 Å². The standard InChI is InChI=1S/C16H18ClNOS/c1-18(10-8-15-3-2-12-20-15)11-9-16(19)13-4-6-14(17)7-5-13/h2-7,12H,8-11H2,1H3. The molecular weight excluding hydrogens is 290 g/mol. The molecule has 0 radical (unpaired) electrons. The van der Waals surface area contributed by atoms with Gasteiger partial charge in [-0.25, -0.2) is 0 Å². The van der Waals surface area contributed by atoms with Crippen molar-refractivity contribution in [3.63, 3.8) is 0 Å². The fourth-order valence-corrected chi connectivity index (χ4v) is 2.76. The Kier molecular flexibility index (Phi) is 5.77. The van der Waals surface area contributed by atoms with E-state index in [1.807, 2.05) is 0 Å². The molecule has 1 aromatic heterocycles. The molecule has 0 bridgehead atoms. The van der Waals surface area contributed by atoms with Gasteiger partial charge < -0.3 is 4.90 Å². The van der Waals surface area contributed by atoms with Crippen LogP contribution >= 0.6 is 22.9 Å². The van der Waals surface area contributed by atoms with Crippen molar-refractivity contribution >= 4 is 28.7 Å². The van der Waals surface area contributed by atoms with Gasteiger partial charge in [0.1, 0.15) is 0 Å². The lowest BCUT2D eigenvalue weighted by Gasteiger charge is -2.15. The number of hydrogen-bond donors (Lipinski definition) is 0. The minimum atomic E-state index is 0.171. The van der Waals surface area contributed by atoms with Crippen LogP contribution in [0.4, 0.5) is 0 Å². The lowest BCUT2D eigenvalue weighted by atomic mass is 10.1. The second-order valence-corrected chi connectivity index (χ2v) is 6.28. The molecule has 106 valence electrons. The van der Waals surface area contributed by atoms with E-state index in [0.717, 1.165) is 25.1 Å². The normalized spacial score (nSPS) is 10.9. The monoisotopic (exact) mass is 307 g/mol. The predicted molar refractivity (Wildman–Crippen MR) is 85.9 cm³/mol. The summed E-state index contributed by atoms with van der Waals surface area (Å²) < 4.78 is 0. The first kappa shape index (κ1) is 15.2. The molecule has 0 amide bonds. The van der Waals surface area contributed by atoms with E-state index in [9.17, 15) is 4.79 Å². The van der Waals surface area contributed by atoms with Gasteiger partial charge in [0.25, 0.3) is 0 Å². The molecule has 0 atom stereocenters. The minimum Gasteiger partial charge on any atom is -0.306 e. The lowest BCUT2D eigenvalue weighted by molar-refractivity contribution is 0.0969. The van der Waals surface area contributed by atoms with E-state index in [0.29, 0.717) is 11.4 Å². The smallest absolute Gasteiger partial charge is 0.164 e.